The Labute approximate surface area is 160 Å². The van der Waals surface area contributed by atoms with Crippen molar-refractivity contribution in [2.75, 3.05) is 30.0 Å². The molecule has 3 N–H and O–H groups in total. The van der Waals surface area contributed by atoms with E-state index in [0.29, 0.717) is 12.0 Å². The number of anilines is 3. The van der Waals surface area contributed by atoms with Crippen molar-refractivity contribution in [2.24, 2.45) is 0 Å². The van der Waals surface area contributed by atoms with E-state index in [0.717, 1.165) is 22.3 Å². The molecule has 5 nitrogen and oxygen atoms in total. The lowest BCUT2D eigenvalue weighted by Gasteiger charge is -2.24. The fourth-order valence-electron chi connectivity index (χ4n) is 3.84. The lowest BCUT2D eigenvalue weighted by molar-refractivity contribution is 0.462. The molecular formula is C22H27N5. The first kappa shape index (κ1) is 17.6. The van der Waals surface area contributed by atoms with E-state index in [1.54, 1.807) is 0 Å². The molecule has 1 aliphatic carbocycles. The van der Waals surface area contributed by atoms with Gasteiger partial charge in [-0.25, -0.2) is 4.98 Å². The Morgan fingerprint density at radius 1 is 0.963 bits per heavy atom. The molecule has 0 spiro atoms. The Kier molecular flexibility index (Phi) is 4.84. The second-order valence-corrected chi connectivity index (χ2v) is 7.59. The summed E-state index contributed by atoms with van der Waals surface area (Å²) in [4.78, 5) is 11.1. The number of nitrogens with one attached hydrogen (secondary N) is 1. The first-order chi connectivity index (χ1) is 13.1. The smallest absolute Gasteiger partial charge is 0.222 e. The van der Waals surface area contributed by atoms with Gasteiger partial charge in [-0.1, -0.05) is 37.5 Å². The summed E-state index contributed by atoms with van der Waals surface area (Å²) in [6.07, 6.45) is 6.26. The van der Waals surface area contributed by atoms with Gasteiger partial charge in [0.1, 0.15) is 5.82 Å². The zero-order chi connectivity index (χ0) is 18.8. The van der Waals surface area contributed by atoms with Crippen molar-refractivity contribution < 1.29 is 0 Å². The highest BCUT2D eigenvalue weighted by atomic mass is 15.1. The molecule has 0 amide bonds. The maximum absolute atomic E-state index is 5.96. The molecule has 0 bridgehead atoms. The van der Waals surface area contributed by atoms with E-state index < -0.39 is 0 Å². The van der Waals surface area contributed by atoms with Crippen LogP contribution in [0.15, 0.2) is 42.5 Å². The number of hydrogen-bond donors (Lipinski definition) is 2. The Hall–Kier alpha value is -2.82. The molecule has 2 aromatic carbocycles. The summed E-state index contributed by atoms with van der Waals surface area (Å²) in [5.41, 5.74) is 10.4. The van der Waals surface area contributed by atoms with Gasteiger partial charge in [-0.3, -0.25) is 0 Å². The summed E-state index contributed by atoms with van der Waals surface area (Å²) < 4.78 is 0. The normalized spacial score (nSPS) is 15.0. The number of fused-ring (bicyclic) bond motifs is 1. The lowest BCUT2D eigenvalue weighted by atomic mass is 9.95. The van der Waals surface area contributed by atoms with Crippen LogP contribution in [-0.2, 0) is 0 Å². The lowest BCUT2D eigenvalue weighted by Crippen LogP contribution is -2.23. The van der Waals surface area contributed by atoms with Gasteiger partial charge in [-0.15, -0.1) is 0 Å². The number of nitrogen functional groups attached to an aromatic ring is 1. The van der Waals surface area contributed by atoms with Crippen molar-refractivity contribution >= 4 is 28.4 Å². The zero-order valence-electron chi connectivity index (χ0n) is 16.1. The third kappa shape index (κ3) is 3.82. The molecule has 5 heteroatoms. The van der Waals surface area contributed by atoms with Gasteiger partial charge in [0.2, 0.25) is 5.95 Å². The Bertz CT molecular complexity index is 945. The van der Waals surface area contributed by atoms with Gasteiger partial charge in [-0.2, -0.15) is 4.98 Å². The Morgan fingerprint density at radius 3 is 2.52 bits per heavy atom. The van der Waals surface area contributed by atoms with Gasteiger partial charge < -0.3 is 16.0 Å². The van der Waals surface area contributed by atoms with Crippen molar-refractivity contribution in [3.05, 3.63) is 42.5 Å². The van der Waals surface area contributed by atoms with Crippen LogP contribution >= 0.6 is 0 Å². The number of aromatic nitrogens is 2. The predicted octanol–water partition coefficient (Wildman–Crippen LogP) is 4.69. The van der Waals surface area contributed by atoms with Crippen LogP contribution in [0.3, 0.4) is 0 Å². The minimum atomic E-state index is 0.322. The van der Waals surface area contributed by atoms with Crippen molar-refractivity contribution in [2.45, 2.75) is 38.1 Å². The van der Waals surface area contributed by atoms with Crippen LogP contribution in [0, 0.1) is 0 Å². The fourth-order valence-corrected chi connectivity index (χ4v) is 3.84. The van der Waals surface area contributed by atoms with Gasteiger partial charge in [0.25, 0.3) is 0 Å². The minimum absolute atomic E-state index is 0.322. The zero-order valence-corrected chi connectivity index (χ0v) is 16.1. The number of rotatable bonds is 4. The third-order valence-electron chi connectivity index (χ3n) is 5.35. The molecule has 140 valence electrons. The van der Waals surface area contributed by atoms with Crippen molar-refractivity contribution in [3.8, 4) is 11.1 Å². The topological polar surface area (TPSA) is 67.1 Å². The number of nitrogens with two attached hydrogens (primary N) is 1. The third-order valence-corrected chi connectivity index (χ3v) is 5.35. The van der Waals surface area contributed by atoms with E-state index in [1.165, 1.54) is 43.4 Å². The summed E-state index contributed by atoms with van der Waals surface area (Å²) in [6, 6.07) is 15.3. The van der Waals surface area contributed by atoms with Crippen LogP contribution in [0.1, 0.15) is 32.1 Å². The number of nitrogens with zero attached hydrogens (tertiary/aromatic N) is 3. The second-order valence-electron chi connectivity index (χ2n) is 7.59. The molecule has 0 radical (unpaired) electrons. The van der Waals surface area contributed by atoms with Crippen LogP contribution in [0.2, 0.25) is 0 Å². The molecule has 0 saturated heterocycles. The van der Waals surface area contributed by atoms with Crippen LogP contribution in [0.5, 0.6) is 0 Å². The van der Waals surface area contributed by atoms with E-state index in [4.69, 9.17) is 5.73 Å². The predicted molar refractivity (Wildman–Crippen MR) is 114 cm³/mol. The monoisotopic (exact) mass is 361 g/mol. The standard InChI is InChI=1S/C22H27N5/c1-27(2)18-10-6-7-15(13-18)16-11-12-20-19(14-16)21(26-22(23)25-20)24-17-8-4-3-5-9-17/h6-7,10-14,17H,3-5,8-9H2,1-2H3,(H3,23,24,25,26). The highest BCUT2D eigenvalue weighted by Crippen LogP contribution is 2.31. The molecule has 27 heavy (non-hydrogen) atoms. The van der Waals surface area contributed by atoms with E-state index in [1.807, 2.05) is 6.07 Å². The molecule has 1 saturated carbocycles. The molecule has 1 aliphatic rings. The summed E-state index contributed by atoms with van der Waals surface area (Å²) >= 11 is 0. The highest BCUT2D eigenvalue weighted by Gasteiger charge is 2.16. The van der Waals surface area contributed by atoms with E-state index in [9.17, 15) is 0 Å². The molecule has 3 aromatic rings. The van der Waals surface area contributed by atoms with Crippen molar-refractivity contribution in [1.29, 1.82) is 0 Å². The van der Waals surface area contributed by atoms with Crippen LogP contribution in [-0.4, -0.2) is 30.1 Å². The average molecular weight is 361 g/mol. The fraction of sp³-hybridized carbons (Fsp3) is 0.364. The Morgan fingerprint density at radius 2 is 1.74 bits per heavy atom. The Balaban J connectivity index is 1.75. The van der Waals surface area contributed by atoms with Gasteiger partial charge in [0, 0.05) is 31.2 Å². The number of benzene rings is 2. The van der Waals surface area contributed by atoms with Gasteiger partial charge in [0.05, 0.1) is 5.52 Å². The minimum Gasteiger partial charge on any atom is -0.378 e. The summed E-state index contributed by atoms with van der Waals surface area (Å²) in [5, 5.41) is 4.66. The second kappa shape index (κ2) is 7.43. The van der Waals surface area contributed by atoms with E-state index >= 15 is 0 Å². The summed E-state index contributed by atoms with van der Waals surface area (Å²) in [6.45, 7) is 0. The van der Waals surface area contributed by atoms with Gasteiger partial charge in [0.15, 0.2) is 0 Å². The molecule has 0 atom stereocenters. The molecular weight excluding hydrogens is 334 g/mol. The first-order valence-corrected chi connectivity index (χ1v) is 9.72. The van der Waals surface area contributed by atoms with Crippen LogP contribution in [0.4, 0.5) is 17.5 Å². The highest BCUT2D eigenvalue weighted by molar-refractivity contribution is 5.93. The van der Waals surface area contributed by atoms with Gasteiger partial charge in [-0.05, 0) is 48.2 Å². The molecule has 1 heterocycles. The summed E-state index contributed by atoms with van der Waals surface area (Å²) in [7, 11) is 4.12. The van der Waals surface area contributed by atoms with Crippen molar-refractivity contribution in [3.63, 3.8) is 0 Å². The van der Waals surface area contributed by atoms with E-state index in [2.05, 4.69) is 70.7 Å². The first-order valence-electron chi connectivity index (χ1n) is 9.72. The maximum atomic E-state index is 5.96. The maximum Gasteiger partial charge on any atom is 0.222 e. The summed E-state index contributed by atoms with van der Waals surface area (Å²) in [5.74, 6) is 1.18. The molecule has 0 aliphatic heterocycles. The average Bonchev–Trinajstić information content (AvgIpc) is 2.68. The molecule has 1 fully saturated rings. The van der Waals surface area contributed by atoms with Crippen molar-refractivity contribution in [1.82, 2.24) is 9.97 Å². The molecule has 0 unspecified atom stereocenters. The molecule has 1 aromatic heterocycles. The van der Waals surface area contributed by atoms with E-state index in [-0.39, 0.29) is 0 Å². The number of hydrogen-bond acceptors (Lipinski definition) is 5. The largest absolute Gasteiger partial charge is 0.378 e. The van der Waals surface area contributed by atoms with Gasteiger partial charge >= 0.3 is 0 Å². The quantitative estimate of drug-likeness (QED) is 0.706. The van der Waals surface area contributed by atoms with Crippen LogP contribution in [0.25, 0.3) is 22.0 Å². The molecule has 4 rings (SSSR count). The van der Waals surface area contributed by atoms with Crippen LogP contribution < -0.4 is 16.0 Å². The SMILES string of the molecule is CN(C)c1cccc(-c2ccc3nc(N)nc(NC4CCCCC4)c3c2)c1.